The molecule has 372 valence electrons. The quantitative estimate of drug-likeness (QED) is 0.0298. The number of fused-ring (bicyclic) bond motifs is 2. The van der Waals surface area contributed by atoms with Crippen molar-refractivity contribution in [1.82, 2.24) is 0 Å². The summed E-state index contributed by atoms with van der Waals surface area (Å²) in [6.45, 7) is 15.1. The van der Waals surface area contributed by atoms with E-state index in [9.17, 15) is 22.6 Å². The highest BCUT2D eigenvalue weighted by Gasteiger charge is 2.44. The summed E-state index contributed by atoms with van der Waals surface area (Å²) in [5.74, 6) is -0.937. The number of hydrogen-bond acceptors (Lipinski definition) is 14. The van der Waals surface area contributed by atoms with Gasteiger partial charge in [-0.25, -0.2) is 5.06 Å². The summed E-state index contributed by atoms with van der Waals surface area (Å²) in [7, 11) is -4.47. The van der Waals surface area contributed by atoms with Gasteiger partial charge in [0.05, 0.1) is 104 Å². The molecule has 0 aliphatic carbocycles. The second-order valence-corrected chi connectivity index (χ2v) is 19.0. The lowest BCUT2D eigenvalue weighted by Crippen LogP contribution is -2.44. The normalized spacial score (nSPS) is 15.8. The molecule has 3 heterocycles. The number of hydrogen-bond donors (Lipinski definition) is 3. The van der Waals surface area contributed by atoms with E-state index in [-0.39, 0.29) is 37.6 Å². The van der Waals surface area contributed by atoms with Gasteiger partial charge in [-0.2, -0.15) is 8.42 Å². The molecule has 2 aliphatic rings. The number of rotatable bonds is 34. The Morgan fingerprint density at radius 1 is 0.701 bits per heavy atom. The van der Waals surface area contributed by atoms with Crippen LogP contribution in [0.25, 0.3) is 0 Å². The number of carboxylic acid groups (broad SMARTS) is 2. The van der Waals surface area contributed by atoms with Gasteiger partial charge in [-0.15, -0.1) is 0 Å². The fraction of sp³-hybridized carbons (Fsp3) is 0.574. The van der Waals surface area contributed by atoms with Crippen molar-refractivity contribution in [3.63, 3.8) is 0 Å². The number of aryl methyl sites for hydroxylation is 1. The zero-order valence-corrected chi connectivity index (χ0v) is 41.6. The minimum Gasteiger partial charge on any atom is -0.481 e. The SMILES string of the molecule is Cc1cc(S(=O)(=O)O)cc2c1N(OCCOCCOCCOCCCCC(=O)O)/C(=C/C=C/C=C/C1=Nc3c(cc(Br)c[n+]3OCCOCCOCCOCCCCC(=O)O)C1(C)C)C2(C)C. The predicted octanol–water partition coefficient (Wildman–Crippen LogP) is 6.42. The van der Waals surface area contributed by atoms with E-state index in [4.69, 9.17) is 53.3 Å². The highest BCUT2D eigenvalue weighted by molar-refractivity contribution is 9.10. The molecule has 0 radical (unpaired) electrons. The van der Waals surface area contributed by atoms with E-state index in [2.05, 4.69) is 29.8 Å². The minimum atomic E-state index is -4.47. The van der Waals surface area contributed by atoms with Crippen LogP contribution in [0, 0.1) is 6.92 Å². The number of unbranched alkanes of at least 4 members (excludes halogenated alkanes) is 2. The van der Waals surface area contributed by atoms with Crippen LogP contribution >= 0.6 is 15.9 Å². The molecule has 0 saturated heterocycles. The first kappa shape index (κ1) is 55.5. The van der Waals surface area contributed by atoms with E-state index < -0.39 is 32.9 Å². The zero-order chi connectivity index (χ0) is 48.9. The minimum absolute atomic E-state index is 0.132. The van der Waals surface area contributed by atoms with Crippen LogP contribution in [0.15, 0.2) is 74.8 Å². The van der Waals surface area contributed by atoms with Crippen molar-refractivity contribution < 1.29 is 75.6 Å². The van der Waals surface area contributed by atoms with Gasteiger partial charge in [0.15, 0.2) is 18.5 Å². The highest BCUT2D eigenvalue weighted by atomic mass is 79.9. The molecular weight excluding hydrogens is 958 g/mol. The van der Waals surface area contributed by atoms with E-state index in [1.165, 1.54) is 12.1 Å². The number of hydroxylamine groups is 1. The number of allylic oxidation sites excluding steroid dienone is 6. The molecule has 4 rings (SSSR count). The van der Waals surface area contributed by atoms with E-state index in [1.54, 1.807) is 16.7 Å². The first-order valence-corrected chi connectivity index (χ1v) is 24.7. The van der Waals surface area contributed by atoms with E-state index in [1.807, 2.05) is 56.5 Å². The largest absolute Gasteiger partial charge is 0.481 e. The number of carbonyl (C=O) groups is 2. The number of ether oxygens (including phenoxy) is 6. The first-order chi connectivity index (χ1) is 31.9. The van der Waals surface area contributed by atoms with Crippen molar-refractivity contribution in [3.8, 4) is 0 Å². The van der Waals surface area contributed by atoms with E-state index >= 15 is 0 Å². The molecule has 0 spiro atoms. The van der Waals surface area contributed by atoms with Crippen LogP contribution in [0.3, 0.4) is 0 Å². The van der Waals surface area contributed by atoms with Gasteiger partial charge < -0.3 is 43.5 Å². The number of anilines is 1. The van der Waals surface area contributed by atoms with Crippen LogP contribution in [-0.4, -0.2) is 133 Å². The molecule has 18 nitrogen and oxygen atoms in total. The van der Waals surface area contributed by atoms with Crippen molar-refractivity contribution in [1.29, 1.82) is 0 Å². The third-order valence-corrected chi connectivity index (χ3v) is 12.1. The lowest BCUT2D eigenvalue weighted by Gasteiger charge is -2.26. The van der Waals surface area contributed by atoms with Crippen molar-refractivity contribution in [2.45, 2.75) is 88.9 Å². The number of nitrogens with zero attached hydrogens (tertiary/aromatic N) is 3. The molecule has 0 fully saturated rings. The van der Waals surface area contributed by atoms with E-state index in [0.29, 0.717) is 121 Å². The second-order valence-electron chi connectivity index (χ2n) is 16.7. The average molecular weight is 1030 g/mol. The summed E-state index contributed by atoms with van der Waals surface area (Å²) in [6.07, 6.45) is 14.2. The standard InChI is InChI=1S/C47H66BrN3O15S/c1-35-31-37(67(56,57)58)33-38-44(35)51(66-30-28-64-26-24-62-22-20-60-18-12-10-16-43(54)55)41(47(38,4)5)14-8-6-7-13-40-46(2,3)39-32-36(48)34-50(45(39)49-40)65-29-27-63-25-23-61-21-19-59-17-11-9-15-42(52)53/h6-8,13-14,31-34H,9-12,15-30H2,1-5H3,(H2-,52,53,54,55,56,57,58)/p+1. The summed E-state index contributed by atoms with van der Waals surface area (Å²) in [5, 5.41) is 19.1. The summed E-state index contributed by atoms with van der Waals surface area (Å²) in [5.41, 5.74) is 3.35. The van der Waals surface area contributed by atoms with Gasteiger partial charge in [-0.1, -0.05) is 32.1 Å². The third-order valence-electron chi connectivity index (χ3n) is 10.8. The Balaban J connectivity index is 1.31. The number of aliphatic imine (C=N–C) groups is 1. The van der Waals surface area contributed by atoms with Crippen LogP contribution < -0.4 is 14.6 Å². The molecule has 67 heavy (non-hydrogen) atoms. The summed E-state index contributed by atoms with van der Waals surface area (Å²) in [6, 6.07) is 4.94. The van der Waals surface area contributed by atoms with E-state index in [0.717, 1.165) is 21.4 Å². The lowest BCUT2D eigenvalue weighted by molar-refractivity contribution is -0.881. The van der Waals surface area contributed by atoms with Crippen molar-refractivity contribution >= 4 is 55.2 Å². The number of benzene rings is 1. The Bertz CT molecular complexity index is 2180. The monoisotopic (exact) mass is 1020 g/mol. The zero-order valence-electron chi connectivity index (χ0n) is 39.2. The summed E-state index contributed by atoms with van der Waals surface area (Å²) >= 11 is 3.62. The molecule has 0 unspecified atom stereocenters. The van der Waals surface area contributed by atoms with Gasteiger partial charge in [0.1, 0.15) is 0 Å². The van der Waals surface area contributed by atoms with Gasteiger partial charge in [-0.05, 0) is 114 Å². The molecule has 0 atom stereocenters. The molecule has 2 aromatic rings. The molecule has 0 saturated carbocycles. The van der Waals surface area contributed by atoms with Crippen molar-refractivity contribution in [3.05, 3.63) is 81.6 Å². The molecule has 0 amide bonds. The molecule has 20 heteroatoms. The van der Waals surface area contributed by atoms with Gasteiger partial charge in [0.25, 0.3) is 10.1 Å². The molecule has 3 N–H and O–H groups in total. The summed E-state index contributed by atoms with van der Waals surface area (Å²) < 4.78 is 70.3. The highest BCUT2D eigenvalue weighted by Crippen LogP contribution is 2.50. The third kappa shape index (κ3) is 17.7. The Morgan fingerprint density at radius 3 is 1.76 bits per heavy atom. The average Bonchev–Trinajstić information content (AvgIpc) is 3.64. The van der Waals surface area contributed by atoms with Gasteiger partial charge in [-0.3, -0.25) is 19.0 Å². The fourth-order valence-corrected chi connectivity index (χ4v) is 8.19. The Kier molecular flexibility index (Phi) is 23.0. The lowest BCUT2D eigenvalue weighted by atomic mass is 9.82. The maximum atomic E-state index is 12.2. The van der Waals surface area contributed by atoms with Crippen LogP contribution in [0.1, 0.15) is 82.9 Å². The van der Waals surface area contributed by atoms with Crippen LogP contribution in [0.2, 0.25) is 0 Å². The molecule has 2 aliphatic heterocycles. The molecule has 1 aromatic carbocycles. The second kappa shape index (κ2) is 27.8. The van der Waals surface area contributed by atoms with Gasteiger partial charge >= 0.3 is 17.8 Å². The number of halogens is 1. The number of carboxylic acids is 2. The van der Waals surface area contributed by atoms with Crippen LogP contribution in [0.5, 0.6) is 0 Å². The van der Waals surface area contributed by atoms with Crippen molar-refractivity contribution in [2.24, 2.45) is 4.99 Å². The summed E-state index contributed by atoms with van der Waals surface area (Å²) in [4.78, 5) is 38.3. The van der Waals surface area contributed by atoms with Crippen LogP contribution in [-0.2, 0) is 63.8 Å². The molecule has 0 bridgehead atoms. The Labute approximate surface area is 402 Å². The maximum absolute atomic E-state index is 12.2. The van der Waals surface area contributed by atoms with Crippen molar-refractivity contribution in [2.75, 3.05) is 97.6 Å². The Morgan fingerprint density at radius 2 is 1.22 bits per heavy atom. The smallest absolute Gasteiger partial charge is 0.366 e. The maximum Gasteiger partial charge on any atom is 0.366 e. The fourth-order valence-electron chi connectivity index (χ4n) is 7.18. The van der Waals surface area contributed by atoms with Gasteiger partial charge in [0, 0.05) is 31.5 Å². The topological polar surface area (TPSA) is 222 Å². The molecular formula is C47H67BrN3O15S+. The first-order valence-electron chi connectivity index (χ1n) is 22.4. The number of aromatic nitrogens is 1. The molecule has 1 aromatic heterocycles. The van der Waals surface area contributed by atoms with Crippen LogP contribution in [0.4, 0.5) is 11.5 Å². The number of aliphatic carboxylic acids is 2. The number of pyridine rings is 1. The predicted molar refractivity (Wildman–Crippen MR) is 253 cm³/mol. The Hall–Kier alpha value is -4.09. The van der Waals surface area contributed by atoms with Gasteiger partial charge in [0.2, 0.25) is 0 Å².